The second-order valence-corrected chi connectivity index (χ2v) is 5.78. The molecule has 1 aliphatic carbocycles. The van der Waals surface area contributed by atoms with Crippen LogP contribution in [0.4, 0.5) is 4.79 Å². The molecule has 0 bridgehead atoms. The molecule has 0 aromatic rings. The van der Waals surface area contributed by atoms with Crippen LogP contribution >= 0.6 is 0 Å². The van der Waals surface area contributed by atoms with Crippen LogP contribution in [-0.2, 0) is 4.79 Å². The number of urea groups is 1. The van der Waals surface area contributed by atoms with E-state index in [2.05, 4.69) is 22.6 Å². The van der Waals surface area contributed by atoms with Gasteiger partial charge in [0.25, 0.3) is 0 Å². The van der Waals surface area contributed by atoms with E-state index in [9.17, 15) is 9.59 Å². The summed E-state index contributed by atoms with van der Waals surface area (Å²) >= 11 is 0. The molecular formula is C13H23N3O3. The third kappa shape index (κ3) is 3.18. The Morgan fingerprint density at radius 1 is 1.32 bits per heavy atom. The Labute approximate surface area is 113 Å². The number of amides is 2. The minimum absolute atomic E-state index is 0.231. The lowest BCUT2D eigenvalue weighted by molar-refractivity contribution is -0.153. The second-order valence-electron chi connectivity index (χ2n) is 5.78. The van der Waals surface area contributed by atoms with E-state index < -0.39 is 11.4 Å². The maximum absolute atomic E-state index is 11.7. The molecule has 1 aliphatic heterocycles. The number of nitrogens with zero attached hydrogens (tertiary/aromatic N) is 1. The van der Waals surface area contributed by atoms with Crippen LogP contribution in [0, 0.1) is 5.41 Å². The number of carbonyl (C=O) groups is 2. The Hall–Kier alpha value is -1.30. The number of likely N-dealkylation sites (tertiary alicyclic amines) is 1. The third-order valence-corrected chi connectivity index (χ3v) is 4.52. The van der Waals surface area contributed by atoms with Gasteiger partial charge in [0.15, 0.2) is 0 Å². The Balaban J connectivity index is 1.68. The summed E-state index contributed by atoms with van der Waals surface area (Å²) in [4.78, 5) is 25.1. The molecule has 1 unspecified atom stereocenters. The summed E-state index contributed by atoms with van der Waals surface area (Å²) in [6.07, 6.45) is 4.53. The predicted octanol–water partition coefficient (Wildman–Crippen LogP) is 0.635. The van der Waals surface area contributed by atoms with Crippen LogP contribution in [-0.4, -0.2) is 54.7 Å². The first-order chi connectivity index (χ1) is 9.03. The fourth-order valence-corrected chi connectivity index (χ4v) is 2.83. The molecule has 0 aromatic heterocycles. The van der Waals surface area contributed by atoms with Crippen molar-refractivity contribution < 1.29 is 14.7 Å². The van der Waals surface area contributed by atoms with Gasteiger partial charge in [-0.15, -0.1) is 0 Å². The van der Waals surface area contributed by atoms with Gasteiger partial charge in [0.2, 0.25) is 0 Å². The van der Waals surface area contributed by atoms with E-state index in [0.717, 1.165) is 19.4 Å². The van der Waals surface area contributed by atoms with Gasteiger partial charge in [0.05, 0.1) is 5.41 Å². The molecule has 0 aromatic carbocycles. The smallest absolute Gasteiger partial charge is 0.314 e. The summed E-state index contributed by atoms with van der Waals surface area (Å²) in [5.41, 5.74) is -0.721. The van der Waals surface area contributed by atoms with E-state index in [0.29, 0.717) is 25.4 Å². The number of hydrogen-bond donors (Lipinski definition) is 3. The Kier molecular flexibility index (Phi) is 4.29. The third-order valence-electron chi connectivity index (χ3n) is 4.52. The van der Waals surface area contributed by atoms with Crippen molar-refractivity contribution in [1.29, 1.82) is 0 Å². The summed E-state index contributed by atoms with van der Waals surface area (Å²) in [5, 5.41) is 14.7. The molecule has 19 heavy (non-hydrogen) atoms. The molecular weight excluding hydrogens is 246 g/mol. The number of carboxylic acids is 1. The highest BCUT2D eigenvalue weighted by atomic mass is 16.4. The average Bonchev–Trinajstić information content (AvgIpc) is 2.70. The molecule has 6 nitrogen and oxygen atoms in total. The van der Waals surface area contributed by atoms with Gasteiger partial charge in [0.1, 0.15) is 0 Å². The topological polar surface area (TPSA) is 81.7 Å². The molecule has 2 fully saturated rings. The molecule has 108 valence electrons. The molecule has 2 amide bonds. The van der Waals surface area contributed by atoms with Crippen LogP contribution in [0.1, 0.15) is 32.1 Å². The molecule has 0 spiro atoms. The highest BCUT2D eigenvalue weighted by molar-refractivity contribution is 5.78. The number of hydrogen-bond acceptors (Lipinski definition) is 3. The van der Waals surface area contributed by atoms with E-state index in [1.165, 1.54) is 6.42 Å². The molecule has 1 saturated heterocycles. The minimum atomic E-state index is -0.797. The quantitative estimate of drug-likeness (QED) is 0.684. The number of carbonyl (C=O) groups excluding carboxylic acids is 1. The summed E-state index contributed by atoms with van der Waals surface area (Å²) in [7, 11) is 2.06. The van der Waals surface area contributed by atoms with Crippen molar-refractivity contribution >= 4 is 12.0 Å². The van der Waals surface area contributed by atoms with Gasteiger partial charge in [-0.1, -0.05) is 6.42 Å². The number of aliphatic carboxylic acids is 1. The van der Waals surface area contributed by atoms with Crippen LogP contribution < -0.4 is 10.6 Å². The molecule has 1 heterocycles. The first-order valence-electron chi connectivity index (χ1n) is 6.99. The first kappa shape index (κ1) is 14.1. The Bertz CT molecular complexity index is 355. The largest absolute Gasteiger partial charge is 0.481 e. The number of carboxylic acid groups (broad SMARTS) is 1. The number of nitrogens with one attached hydrogen (secondary N) is 2. The first-order valence-corrected chi connectivity index (χ1v) is 6.99. The van der Waals surface area contributed by atoms with Crippen LogP contribution in [0.3, 0.4) is 0 Å². The van der Waals surface area contributed by atoms with Gasteiger partial charge >= 0.3 is 12.0 Å². The van der Waals surface area contributed by atoms with Crippen LogP contribution in [0.2, 0.25) is 0 Å². The molecule has 2 rings (SSSR count). The molecule has 2 aliphatic rings. The minimum Gasteiger partial charge on any atom is -0.481 e. The van der Waals surface area contributed by atoms with Gasteiger partial charge in [-0.2, -0.15) is 0 Å². The standard InChI is InChI=1S/C13H23N3O3/c1-16-7-2-4-10(16)8-14-12(19)15-9-13(11(17)18)5-3-6-13/h10H,2-9H2,1H3,(H,17,18)(H2,14,15,19). The van der Waals surface area contributed by atoms with Gasteiger partial charge in [-0.3, -0.25) is 4.79 Å². The van der Waals surface area contributed by atoms with Gasteiger partial charge in [-0.05, 0) is 39.3 Å². The zero-order valence-corrected chi connectivity index (χ0v) is 11.4. The highest BCUT2D eigenvalue weighted by Gasteiger charge is 2.44. The zero-order valence-electron chi connectivity index (χ0n) is 11.4. The normalized spacial score (nSPS) is 25.6. The van der Waals surface area contributed by atoms with Crippen molar-refractivity contribution in [3.63, 3.8) is 0 Å². The maximum atomic E-state index is 11.7. The van der Waals surface area contributed by atoms with Crippen molar-refractivity contribution in [3.8, 4) is 0 Å². The highest BCUT2D eigenvalue weighted by Crippen LogP contribution is 2.40. The maximum Gasteiger partial charge on any atom is 0.314 e. The molecule has 6 heteroatoms. The van der Waals surface area contributed by atoms with E-state index in [1.807, 2.05) is 0 Å². The molecule has 3 N–H and O–H groups in total. The molecule has 1 atom stereocenters. The van der Waals surface area contributed by atoms with Gasteiger partial charge in [0, 0.05) is 19.1 Å². The van der Waals surface area contributed by atoms with E-state index in [1.54, 1.807) is 0 Å². The lowest BCUT2D eigenvalue weighted by atomic mass is 9.69. The van der Waals surface area contributed by atoms with Crippen LogP contribution in [0.5, 0.6) is 0 Å². The summed E-state index contributed by atoms with van der Waals surface area (Å²) < 4.78 is 0. The van der Waals surface area contributed by atoms with Crippen LogP contribution in [0.25, 0.3) is 0 Å². The fourth-order valence-electron chi connectivity index (χ4n) is 2.83. The predicted molar refractivity (Wildman–Crippen MR) is 71.0 cm³/mol. The SMILES string of the molecule is CN1CCCC1CNC(=O)NCC1(C(=O)O)CCC1. The Morgan fingerprint density at radius 3 is 2.53 bits per heavy atom. The van der Waals surface area contributed by atoms with Crippen molar-refractivity contribution in [2.24, 2.45) is 5.41 Å². The van der Waals surface area contributed by atoms with Gasteiger partial charge < -0.3 is 20.6 Å². The molecule has 0 radical (unpaired) electrons. The van der Waals surface area contributed by atoms with E-state index in [4.69, 9.17) is 5.11 Å². The Morgan fingerprint density at radius 2 is 2.05 bits per heavy atom. The summed E-state index contributed by atoms with van der Waals surface area (Å²) in [6, 6.07) is 0.149. The number of likely N-dealkylation sites (N-methyl/N-ethyl adjacent to an activating group) is 1. The lowest BCUT2D eigenvalue weighted by Gasteiger charge is -2.37. The summed E-state index contributed by atoms with van der Waals surface area (Å²) in [6.45, 7) is 1.94. The van der Waals surface area contributed by atoms with Crippen molar-refractivity contribution in [2.45, 2.75) is 38.1 Å². The zero-order chi connectivity index (χ0) is 13.9. The van der Waals surface area contributed by atoms with Crippen molar-refractivity contribution in [1.82, 2.24) is 15.5 Å². The van der Waals surface area contributed by atoms with Crippen molar-refractivity contribution in [2.75, 3.05) is 26.7 Å². The van der Waals surface area contributed by atoms with E-state index in [-0.39, 0.29) is 12.6 Å². The lowest BCUT2D eigenvalue weighted by Crippen LogP contribution is -2.51. The van der Waals surface area contributed by atoms with Crippen LogP contribution in [0.15, 0.2) is 0 Å². The fraction of sp³-hybridized carbons (Fsp3) is 0.846. The number of rotatable bonds is 5. The monoisotopic (exact) mass is 269 g/mol. The summed E-state index contributed by atoms with van der Waals surface area (Å²) in [5.74, 6) is -0.797. The average molecular weight is 269 g/mol. The van der Waals surface area contributed by atoms with Gasteiger partial charge in [-0.25, -0.2) is 4.79 Å². The van der Waals surface area contributed by atoms with Crippen molar-refractivity contribution in [3.05, 3.63) is 0 Å². The van der Waals surface area contributed by atoms with E-state index >= 15 is 0 Å². The molecule has 1 saturated carbocycles. The second kappa shape index (κ2) is 5.77.